The molecule has 2 rings (SSSR count). The summed E-state index contributed by atoms with van der Waals surface area (Å²) in [6.07, 6.45) is 0. The first kappa shape index (κ1) is 15.7. The number of methoxy groups -OCH3 is 1. The minimum absolute atomic E-state index is 0.191. The number of hydrogen-bond acceptors (Lipinski definition) is 6. The van der Waals surface area contributed by atoms with Gasteiger partial charge in [0.15, 0.2) is 9.90 Å². The quantitative estimate of drug-likeness (QED) is 0.808. The zero-order valence-corrected chi connectivity index (χ0v) is 13.8. The Morgan fingerprint density at radius 1 is 1.48 bits per heavy atom. The van der Waals surface area contributed by atoms with E-state index < -0.39 is 21.7 Å². The fourth-order valence-corrected chi connectivity index (χ4v) is 4.08. The highest BCUT2D eigenvalue weighted by Crippen LogP contribution is 2.31. The molecule has 112 valence electrons. The number of halogens is 1. The van der Waals surface area contributed by atoms with Crippen LogP contribution in [0.25, 0.3) is 0 Å². The molecule has 0 aliphatic rings. The summed E-state index contributed by atoms with van der Waals surface area (Å²) in [5, 5.41) is 8.95. The molecule has 10 heteroatoms. The largest absolute Gasteiger partial charge is 0.495 e. The topological polar surface area (TPSA) is 106 Å². The number of carbonyl (C=O) groups is 1. The first-order valence-corrected chi connectivity index (χ1v) is 8.54. The van der Waals surface area contributed by atoms with Crippen LogP contribution < -0.4 is 9.46 Å². The number of anilines is 1. The zero-order chi connectivity index (χ0) is 15.6. The van der Waals surface area contributed by atoms with E-state index in [0.29, 0.717) is 10.2 Å². The van der Waals surface area contributed by atoms with E-state index in [1.165, 1.54) is 13.2 Å². The molecule has 1 aromatic heterocycles. The van der Waals surface area contributed by atoms with Gasteiger partial charge in [-0.1, -0.05) is 15.9 Å². The summed E-state index contributed by atoms with van der Waals surface area (Å²) in [4.78, 5) is 14.5. The molecule has 0 aliphatic heterocycles. The SMILES string of the molecule is COc1ccc(Br)cc1NS(=O)(=O)c1scnc1C(=O)O. The highest BCUT2D eigenvalue weighted by atomic mass is 79.9. The minimum Gasteiger partial charge on any atom is -0.495 e. The number of aromatic nitrogens is 1. The molecule has 0 unspecified atom stereocenters. The van der Waals surface area contributed by atoms with Crippen molar-refractivity contribution in [3.05, 3.63) is 33.9 Å². The molecule has 0 spiro atoms. The number of hydrogen-bond donors (Lipinski definition) is 2. The summed E-state index contributed by atoms with van der Waals surface area (Å²) in [6, 6.07) is 4.77. The molecule has 0 radical (unpaired) electrons. The van der Waals surface area contributed by atoms with Crippen LogP contribution in [0, 0.1) is 0 Å². The normalized spacial score (nSPS) is 11.1. The number of nitrogens with zero attached hydrogens (tertiary/aromatic N) is 1. The Labute approximate surface area is 132 Å². The second-order valence-corrected chi connectivity index (χ2v) is 7.39. The first-order valence-electron chi connectivity index (χ1n) is 5.38. The molecule has 0 saturated carbocycles. The van der Waals surface area contributed by atoms with Gasteiger partial charge in [0.25, 0.3) is 10.0 Å². The number of carboxylic acid groups (broad SMARTS) is 1. The summed E-state index contributed by atoms with van der Waals surface area (Å²) < 4.78 is 32.2. The van der Waals surface area contributed by atoms with E-state index in [-0.39, 0.29) is 9.90 Å². The molecule has 1 heterocycles. The molecule has 0 atom stereocenters. The van der Waals surface area contributed by atoms with Gasteiger partial charge in [-0.25, -0.2) is 18.2 Å². The third-order valence-corrected chi connectivity index (χ3v) is 5.62. The molecule has 1 aromatic carbocycles. The van der Waals surface area contributed by atoms with Gasteiger partial charge in [0.1, 0.15) is 5.75 Å². The number of nitrogens with one attached hydrogen (secondary N) is 1. The predicted octanol–water partition coefficient (Wildman–Crippen LogP) is 2.41. The van der Waals surface area contributed by atoms with Crippen molar-refractivity contribution in [2.24, 2.45) is 0 Å². The lowest BCUT2D eigenvalue weighted by atomic mass is 10.3. The summed E-state index contributed by atoms with van der Waals surface area (Å²) >= 11 is 3.95. The van der Waals surface area contributed by atoms with Crippen molar-refractivity contribution in [2.45, 2.75) is 4.21 Å². The smallest absolute Gasteiger partial charge is 0.356 e. The fourth-order valence-electron chi connectivity index (χ4n) is 1.52. The summed E-state index contributed by atoms with van der Waals surface area (Å²) in [7, 11) is -2.67. The Morgan fingerprint density at radius 3 is 2.81 bits per heavy atom. The lowest BCUT2D eigenvalue weighted by Crippen LogP contribution is -2.15. The average Bonchev–Trinajstić information content (AvgIpc) is 2.88. The molecule has 0 bridgehead atoms. The van der Waals surface area contributed by atoms with E-state index in [1.807, 2.05) is 0 Å². The van der Waals surface area contributed by atoms with Gasteiger partial charge in [0.2, 0.25) is 0 Å². The van der Waals surface area contributed by atoms with Gasteiger partial charge in [-0.05, 0) is 18.2 Å². The summed E-state index contributed by atoms with van der Waals surface area (Å²) in [5.41, 5.74) is 0.842. The Morgan fingerprint density at radius 2 is 2.19 bits per heavy atom. The van der Waals surface area contributed by atoms with E-state index in [1.54, 1.807) is 12.1 Å². The third kappa shape index (κ3) is 3.34. The van der Waals surface area contributed by atoms with Gasteiger partial charge < -0.3 is 9.84 Å². The molecule has 0 saturated heterocycles. The van der Waals surface area contributed by atoms with E-state index >= 15 is 0 Å². The molecule has 2 N–H and O–H groups in total. The number of carboxylic acids is 1. The van der Waals surface area contributed by atoms with Gasteiger partial charge in [-0.2, -0.15) is 0 Å². The van der Waals surface area contributed by atoms with Gasteiger partial charge in [0, 0.05) is 4.47 Å². The predicted molar refractivity (Wildman–Crippen MR) is 80.6 cm³/mol. The Kier molecular flexibility index (Phi) is 4.49. The van der Waals surface area contributed by atoms with Gasteiger partial charge >= 0.3 is 5.97 Å². The monoisotopic (exact) mass is 392 g/mol. The fraction of sp³-hybridized carbons (Fsp3) is 0.0909. The van der Waals surface area contributed by atoms with Crippen LogP contribution in [0.5, 0.6) is 5.75 Å². The molecule has 21 heavy (non-hydrogen) atoms. The van der Waals surface area contributed by atoms with Crippen LogP contribution >= 0.6 is 27.3 Å². The maximum Gasteiger partial charge on any atom is 0.356 e. The zero-order valence-electron chi connectivity index (χ0n) is 10.5. The second kappa shape index (κ2) is 6.00. The van der Waals surface area contributed by atoms with Gasteiger partial charge in [-0.3, -0.25) is 4.72 Å². The van der Waals surface area contributed by atoms with Crippen LogP contribution in [0.3, 0.4) is 0 Å². The molecule has 7 nitrogen and oxygen atoms in total. The minimum atomic E-state index is -4.07. The highest BCUT2D eigenvalue weighted by molar-refractivity contribution is 9.10. The highest BCUT2D eigenvalue weighted by Gasteiger charge is 2.26. The lowest BCUT2D eigenvalue weighted by Gasteiger charge is -2.11. The molecular formula is C11H9BrN2O5S2. The molecule has 2 aromatic rings. The molecule has 0 fully saturated rings. The number of rotatable bonds is 5. The van der Waals surface area contributed by atoms with Gasteiger partial charge in [0.05, 0.1) is 18.3 Å². The molecular weight excluding hydrogens is 384 g/mol. The van der Waals surface area contributed by atoms with Gasteiger partial charge in [-0.15, -0.1) is 11.3 Å². The maximum absolute atomic E-state index is 12.3. The number of ether oxygens (including phenoxy) is 1. The number of benzene rings is 1. The third-order valence-electron chi connectivity index (χ3n) is 2.39. The lowest BCUT2D eigenvalue weighted by molar-refractivity contribution is 0.0687. The van der Waals surface area contributed by atoms with Crippen LogP contribution in [0.1, 0.15) is 10.5 Å². The maximum atomic E-state index is 12.3. The van der Waals surface area contributed by atoms with Crippen molar-refractivity contribution in [1.82, 2.24) is 4.98 Å². The van der Waals surface area contributed by atoms with Crippen molar-refractivity contribution in [1.29, 1.82) is 0 Å². The second-order valence-electron chi connectivity index (χ2n) is 3.74. The van der Waals surface area contributed by atoms with Crippen molar-refractivity contribution < 1.29 is 23.1 Å². The van der Waals surface area contributed by atoms with E-state index in [2.05, 4.69) is 25.6 Å². The van der Waals surface area contributed by atoms with Crippen molar-refractivity contribution in [2.75, 3.05) is 11.8 Å². The van der Waals surface area contributed by atoms with E-state index in [0.717, 1.165) is 16.8 Å². The van der Waals surface area contributed by atoms with Crippen LogP contribution in [-0.4, -0.2) is 31.6 Å². The number of thiazole rings is 1. The van der Waals surface area contributed by atoms with Crippen molar-refractivity contribution in [3.8, 4) is 5.75 Å². The van der Waals surface area contributed by atoms with Crippen LogP contribution in [0.4, 0.5) is 5.69 Å². The van der Waals surface area contributed by atoms with Crippen LogP contribution in [0.15, 0.2) is 32.4 Å². The Balaban J connectivity index is 2.45. The van der Waals surface area contributed by atoms with E-state index in [9.17, 15) is 13.2 Å². The Hall–Kier alpha value is -1.65. The Bertz CT molecular complexity index is 788. The van der Waals surface area contributed by atoms with Crippen LogP contribution in [-0.2, 0) is 10.0 Å². The van der Waals surface area contributed by atoms with E-state index in [4.69, 9.17) is 9.84 Å². The standard InChI is InChI=1S/C11H9BrN2O5S2/c1-19-8-3-2-6(12)4-7(8)14-21(17,18)11-9(10(15)16)13-5-20-11/h2-5,14H,1H3,(H,15,16). The molecule has 0 aliphatic carbocycles. The average molecular weight is 393 g/mol. The number of sulfonamides is 1. The summed E-state index contributed by atoms with van der Waals surface area (Å²) in [6.45, 7) is 0. The van der Waals surface area contributed by atoms with Crippen LogP contribution in [0.2, 0.25) is 0 Å². The van der Waals surface area contributed by atoms with Crippen molar-refractivity contribution in [3.63, 3.8) is 0 Å². The number of aromatic carboxylic acids is 1. The van der Waals surface area contributed by atoms with Crippen molar-refractivity contribution >= 4 is 48.9 Å². The summed E-state index contributed by atoms with van der Waals surface area (Å²) in [5.74, 6) is -1.10. The molecule has 0 amide bonds. The first-order chi connectivity index (χ1) is 9.85.